The van der Waals surface area contributed by atoms with E-state index in [9.17, 15) is 0 Å². The number of hydrazine groups is 1. The third-order valence-electron chi connectivity index (χ3n) is 2.08. The van der Waals surface area contributed by atoms with Crippen molar-refractivity contribution in [3.63, 3.8) is 0 Å². The normalized spacial score (nSPS) is 13.3. The Morgan fingerprint density at radius 3 is 2.15 bits per heavy atom. The van der Waals surface area contributed by atoms with Crippen LogP contribution in [0.25, 0.3) is 0 Å². The van der Waals surface area contributed by atoms with E-state index in [1.54, 1.807) is 0 Å². The Morgan fingerprint density at radius 1 is 1.23 bits per heavy atom. The fourth-order valence-corrected chi connectivity index (χ4v) is 1.70. The van der Waals surface area contributed by atoms with Gasteiger partial charge in [-0.15, -0.1) is 0 Å². The molecule has 0 saturated carbocycles. The van der Waals surface area contributed by atoms with Crippen molar-refractivity contribution in [2.24, 2.45) is 11.8 Å². The number of nitrogens with one attached hydrogen (secondary N) is 1. The van der Waals surface area contributed by atoms with Crippen LogP contribution in [0, 0.1) is 9.49 Å². The Balaban J connectivity index is 2.86. The van der Waals surface area contributed by atoms with Gasteiger partial charge in [0.05, 0.1) is 0 Å². The lowest BCUT2D eigenvalue weighted by atomic mass is 9.97. The number of rotatable bonds is 3. The number of hydrogen-bond acceptors (Lipinski definition) is 2. The Morgan fingerprint density at radius 2 is 1.77 bits per heavy atom. The van der Waals surface area contributed by atoms with Gasteiger partial charge in [-0.3, -0.25) is 11.3 Å². The lowest BCUT2D eigenvalue weighted by Gasteiger charge is -2.20. The maximum absolute atomic E-state index is 5.49. The molecule has 72 valence electrons. The first-order valence-corrected chi connectivity index (χ1v) is 5.44. The van der Waals surface area contributed by atoms with Crippen molar-refractivity contribution in [1.82, 2.24) is 5.43 Å². The largest absolute Gasteiger partial charge is 0.271 e. The van der Waals surface area contributed by atoms with E-state index in [-0.39, 0.29) is 6.04 Å². The molecule has 1 unspecified atom stereocenters. The van der Waals surface area contributed by atoms with Gasteiger partial charge in [0.1, 0.15) is 0 Å². The Hall–Kier alpha value is -0.130. The predicted octanol–water partition coefficient (Wildman–Crippen LogP) is 2.45. The molecule has 0 fully saturated rings. The Kier molecular flexibility index (Phi) is 4.15. The smallest absolute Gasteiger partial charge is 0.0482 e. The number of benzene rings is 1. The molecule has 0 radical (unpaired) electrons. The van der Waals surface area contributed by atoms with Crippen molar-refractivity contribution in [3.8, 4) is 0 Å². The van der Waals surface area contributed by atoms with E-state index < -0.39 is 0 Å². The van der Waals surface area contributed by atoms with Gasteiger partial charge in [0, 0.05) is 9.61 Å². The number of halogens is 1. The monoisotopic (exact) mass is 290 g/mol. The summed E-state index contributed by atoms with van der Waals surface area (Å²) in [6.07, 6.45) is 0. The Labute approximate surface area is 93.0 Å². The van der Waals surface area contributed by atoms with Crippen molar-refractivity contribution in [2.75, 3.05) is 0 Å². The van der Waals surface area contributed by atoms with Crippen LogP contribution in [0.15, 0.2) is 24.3 Å². The van der Waals surface area contributed by atoms with Gasteiger partial charge in [-0.2, -0.15) is 0 Å². The molecule has 13 heavy (non-hydrogen) atoms. The molecular formula is C10H15IN2. The molecule has 1 atom stereocenters. The fourth-order valence-electron chi connectivity index (χ4n) is 1.34. The molecule has 0 aliphatic heterocycles. The lowest BCUT2D eigenvalue weighted by Crippen LogP contribution is -2.31. The van der Waals surface area contributed by atoms with Gasteiger partial charge >= 0.3 is 0 Å². The third kappa shape index (κ3) is 2.93. The van der Waals surface area contributed by atoms with Crippen molar-refractivity contribution in [3.05, 3.63) is 33.4 Å². The van der Waals surface area contributed by atoms with Gasteiger partial charge < -0.3 is 0 Å². The van der Waals surface area contributed by atoms with Crippen LogP contribution in [0.3, 0.4) is 0 Å². The Bertz CT molecular complexity index is 256. The van der Waals surface area contributed by atoms with Gasteiger partial charge in [0.25, 0.3) is 0 Å². The second-order valence-electron chi connectivity index (χ2n) is 3.44. The summed E-state index contributed by atoms with van der Waals surface area (Å²) >= 11 is 2.30. The van der Waals surface area contributed by atoms with Crippen LogP contribution in [0.2, 0.25) is 0 Å². The summed E-state index contributed by atoms with van der Waals surface area (Å²) in [4.78, 5) is 0. The molecule has 0 saturated heterocycles. The number of nitrogens with two attached hydrogens (primary N) is 1. The molecule has 0 heterocycles. The average molecular weight is 290 g/mol. The minimum atomic E-state index is 0.247. The van der Waals surface area contributed by atoms with Crippen LogP contribution in [0.5, 0.6) is 0 Å². The highest BCUT2D eigenvalue weighted by atomic mass is 127. The van der Waals surface area contributed by atoms with Crippen LogP contribution in [-0.4, -0.2) is 0 Å². The molecule has 1 aromatic rings. The second-order valence-corrected chi connectivity index (χ2v) is 4.69. The molecule has 0 aliphatic rings. The summed E-state index contributed by atoms with van der Waals surface area (Å²) in [6, 6.07) is 8.68. The molecule has 1 aromatic carbocycles. The van der Waals surface area contributed by atoms with Gasteiger partial charge in [-0.1, -0.05) is 26.0 Å². The zero-order valence-corrected chi connectivity index (χ0v) is 10.1. The first-order valence-electron chi connectivity index (χ1n) is 4.36. The van der Waals surface area contributed by atoms with Gasteiger partial charge in [-0.05, 0) is 46.2 Å². The van der Waals surface area contributed by atoms with Crippen molar-refractivity contribution >= 4 is 22.6 Å². The molecule has 0 bridgehead atoms. The topological polar surface area (TPSA) is 38.0 Å². The highest BCUT2D eigenvalue weighted by molar-refractivity contribution is 14.1. The molecule has 3 N–H and O–H groups in total. The number of hydrogen-bond donors (Lipinski definition) is 2. The fraction of sp³-hybridized carbons (Fsp3) is 0.400. The third-order valence-corrected chi connectivity index (χ3v) is 2.79. The molecular weight excluding hydrogens is 275 g/mol. The standard InChI is InChI=1S/C10H15IN2/c1-7(2)10(13-12)8-3-5-9(11)6-4-8/h3-7,10,13H,12H2,1-2H3. The molecule has 3 heteroatoms. The zero-order valence-electron chi connectivity index (χ0n) is 7.92. The van der Waals surface area contributed by atoms with Crippen LogP contribution < -0.4 is 11.3 Å². The summed E-state index contributed by atoms with van der Waals surface area (Å²) in [5.74, 6) is 6.00. The lowest BCUT2D eigenvalue weighted by molar-refractivity contribution is 0.421. The van der Waals surface area contributed by atoms with Gasteiger partial charge in [0.15, 0.2) is 0 Å². The summed E-state index contributed by atoms with van der Waals surface area (Å²) in [7, 11) is 0. The summed E-state index contributed by atoms with van der Waals surface area (Å²) in [5, 5.41) is 0. The summed E-state index contributed by atoms with van der Waals surface area (Å²) in [5.41, 5.74) is 4.08. The molecule has 0 aromatic heterocycles. The van der Waals surface area contributed by atoms with E-state index >= 15 is 0 Å². The first-order chi connectivity index (χ1) is 6.15. The molecule has 2 nitrogen and oxygen atoms in total. The zero-order chi connectivity index (χ0) is 9.84. The van der Waals surface area contributed by atoms with Crippen LogP contribution in [0.4, 0.5) is 0 Å². The highest BCUT2D eigenvalue weighted by Crippen LogP contribution is 2.21. The summed E-state index contributed by atoms with van der Waals surface area (Å²) < 4.78 is 1.25. The van der Waals surface area contributed by atoms with Crippen molar-refractivity contribution < 1.29 is 0 Å². The minimum Gasteiger partial charge on any atom is -0.271 e. The maximum atomic E-state index is 5.49. The molecule has 0 amide bonds. The van der Waals surface area contributed by atoms with Crippen molar-refractivity contribution in [2.45, 2.75) is 19.9 Å². The second kappa shape index (κ2) is 4.93. The van der Waals surface area contributed by atoms with Crippen LogP contribution in [-0.2, 0) is 0 Å². The van der Waals surface area contributed by atoms with Crippen LogP contribution >= 0.6 is 22.6 Å². The van der Waals surface area contributed by atoms with E-state index in [2.05, 4.69) is 66.1 Å². The molecule has 0 aliphatic carbocycles. The van der Waals surface area contributed by atoms with E-state index in [1.165, 1.54) is 9.13 Å². The SMILES string of the molecule is CC(C)C(NN)c1ccc(I)cc1. The van der Waals surface area contributed by atoms with Crippen molar-refractivity contribution in [1.29, 1.82) is 0 Å². The van der Waals surface area contributed by atoms with Gasteiger partial charge in [0.2, 0.25) is 0 Å². The molecule has 0 spiro atoms. The van der Waals surface area contributed by atoms with Gasteiger partial charge in [-0.25, -0.2) is 0 Å². The summed E-state index contributed by atoms with van der Waals surface area (Å²) in [6.45, 7) is 4.31. The predicted molar refractivity (Wildman–Crippen MR) is 64.1 cm³/mol. The minimum absolute atomic E-state index is 0.247. The van der Waals surface area contributed by atoms with E-state index in [4.69, 9.17) is 5.84 Å². The van der Waals surface area contributed by atoms with Crippen LogP contribution in [0.1, 0.15) is 25.5 Å². The van der Waals surface area contributed by atoms with E-state index in [0.717, 1.165) is 0 Å². The van der Waals surface area contributed by atoms with E-state index in [0.29, 0.717) is 5.92 Å². The van der Waals surface area contributed by atoms with E-state index in [1.807, 2.05) is 0 Å². The highest BCUT2D eigenvalue weighted by Gasteiger charge is 2.12. The average Bonchev–Trinajstić information content (AvgIpc) is 2.09. The quantitative estimate of drug-likeness (QED) is 0.510. The molecule has 1 rings (SSSR count). The first kappa shape index (κ1) is 10.9. The maximum Gasteiger partial charge on any atom is 0.0482 e.